The molecule has 0 spiro atoms. The van der Waals surface area contributed by atoms with Crippen LogP contribution in [0, 0.1) is 0 Å². The van der Waals surface area contributed by atoms with Crippen molar-refractivity contribution < 1.29 is 13.6 Å². The summed E-state index contributed by atoms with van der Waals surface area (Å²) in [6, 6.07) is 0. The lowest BCUT2D eigenvalue weighted by molar-refractivity contribution is -0.116. The lowest BCUT2D eigenvalue weighted by Gasteiger charge is -1.99. The summed E-state index contributed by atoms with van der Waals surface area (Å²) in [6.07, 6.45) is 1.26. The van der Waals surface area contributed by atoms with Crippen molar-refractivity contribution in [3.05, 3.63) is 22.7 Å². The Morgan fingerprint density at radius 2 is 2.38 bits per heavy atom. The van der Waals surface area contributed by atoms with Crippen LogP contribution in [-0.4, -0.2) is 10.9 Å². The third-order valence-corrected chi connectivity index (χ3v) is 2.66. The number of thiazole rings is 1. The normalized spacial score (nSPS) is 9.94. The Labute approximate surface area is 100 Å². The van der Waals surface area contributed by atoms with E-state index < -0.39 is 6.08 Å². The van der Waals surface area contributed by atoms with Crippen LogP contribution in [0.1, 0.15) is 19.3 Å². The summed E-state index contributed by atoms with van der Waals surface area (Å²) >= 11 is 6.77. The number of carbonyl (C=O) groups excluding carboxylic acids is 1. The highest BCUT2D eigenvalue weighted by atomic mass is 35.5. The zero-order valence-electron chi connectivity index (χ0n) is 8.17. The molecule has 0 atom stereocenters. The molecule has 0 unspecified atom stereocenters. The van der Waals surface area contributed by atoms with E-state index in [2.05, 4.69) is 10.3 Å². The molecule has 1 aromatic rings. The van der Waals surface area contributed by atoms with Crippen molar-refractivity contribution in [2.45, 2.75) is 19.3 Å². The van der Waals surface area contributed by atoms with Gasteiger partial charge >= 0.3 is 0 Å². The van der Waals surface area contributed by atoms with Crippen molar-refractivity contribution in [2.24, 2.45) is 0 Å². The number of hydrogen-bond acceptors (Lipinski definition) is 3. The number of amides is 1. The molecule has 0 aliphatic rings. The molecule has 1 rings (SSSR count). The van der Waals surface area contributed by atoms with Gasteiger partial charge in [0.2, 0.25) is 5.91 Å². The molecule has 7 heteroatoms. The van der Waals surface area contributed by atoms with E-state index in [1.54, 1.807) is 0 Å². The van der Waals surface area contributed by atoms with Gasteiger partial charge in [-0.1, -0.05) is 22.9 Å². The number of anilines is 1. The van der Waals surface area contributed by atoms with Crippen molar-refractivity contribution in [1.82, 2.24) is 4.98 Å². The Balaban J connectivity index is 2.24. The topological polar surface area (TPSA) is 42.0 Å². The largest absolute Gasteiger partial charge is 0.302 e. The Morgan fingerprint density at radius 3 is 2.94 bits per heavy atom. The second-order valence-corrected chi connectivity index (χ2v) is 4.57. The molecule has 1 N–H and O–H groups in total. The summed E-state index contributed by atoms with van der Waals surface area (Å²) in [5.41, 5.74) is 0. The van der Waals surface area contributed by atoms with E-state index in [0.717, 1.165) is 17.4 Å². The number of allylic oxidation sites excluding steroid dienone is 1. The van der Waals surface area contributed by atoms with Gasteiger partial charge in [0.1, 0.15) is 4.34 Å². The van der Waals surface area contributed by atoms with Crippen molar-refractivity contribution in [3.63, 3.8) is 0 Å². The van der Waals surface area contributed by atoms with E-state index >= 15 is 0 Å². The van der Waals surface area contributed by atoms with Crippen molar-refractivity contribution in [2.75, 3.05) is 5.32 Å². The van der Waals surface area contributed by atoms with E-state index in [4.69, 9.17) is 11.6 Å². The standard InChI is InChI=1S/C9H9ClF2N2OS/c10-6-5-13-9(16-6)14-8(15)4-2-1-3-7(11)12/h3,5H,1-2,4H2,(H,13,14,15). The zero-order chi connectivity index (χ0) is 12.0. The molecule has 0 aliphatic heterocycles. The van der Waals surface area contributed by atoms with Crippen LogP contribution in [0.3, 0.4) is 0 Å². The number of carbonyl (C=O) groups is 1. The summed E-state index contributed by atoms with van der Waals surface area (Å²) in [5.74, 6) is -0.251. The quantitative estimate of drug-likeness (QED) is 0.826. The Hall–Kier alpha value is -1.01. The summed E-state index contributed by atoms with van der Waals surface area (Å²) in [7, 11) is 0. The van der Waals surface area contributed by atoms with Gasteiger partial charge in [0.25, 0.3) is 6.08 Å². The minimum Gasteiger partial charge on any atom is -0.302 e. The van der Waals surface area contributed by atoms with Crippen molar-refractivity contribution >= 4 is 34.0 Å². The fraction of sp³-hybridized carbons (Fsp3) is 0.333. The zero-order valence-corrected chi connectivity index (χ0v) is 9.75. The fourth-order valence-corrected chi connectivity index (χ4v) is 1.80. The van der Waals surface area contributed by atoms with E-state index in [-0.39, 0.29) is 18.7 Å². The SMILES string of the molecule is O=C(CCCC=C(F)F)Nc1ncc(Cl)s1. The molecule has 88 valence electrons. The molecule has 0 bridgehead atoms. The van der Waals surface area contributed by atoms with E-state index in [1.807, 2.05) is 0 Å². The average molecular weight is 267 g/mol. The van der Waals surface area contributed by atoms with Gasteiger partial charge in [0.05, 0.1) is 6.20 Å². The van der Waals surface area contributed by atoms with Gasteiger partial charge in [-0.15, -0.1) is 0 Å². The minimum absolute atomic E-state index is 0.182. The Kier molecular flexibility index (Phi) is 5.34. The first-order valence-corrected chi connectivity index (χ1v) is 5.69. The number of halogens is 3. The van der Waals surface area contributed by atoms with Gasteiger partial charge in [0.15, 0.2) is 5.13 Å². The van der Waals surface area contributed by atoms with Crippen LogP contribution in [0.4, 0.5) is 13.9 Å². The van der Waals surface area contributed by atoms with Crippen LogP contribution >= 0.6 is 22.9 Å². The number of nitrogens with zero attached hydrogens (tertiary/aromatic N) is 1. The average Bonchev–Trinajstić information content (AvgIpc) is 2.58. The molecule has 1 amide bonds. The van der Waals surface area contributed by atoms with Crippen LogP contribution < -0.4 is 5.32 Å². The summed E-state index contributed by atoms with van der Waals surface area (Å²) in [4.78, 5) is 15.1. The summed E-state index contributed by atoms with van der Waals surface area (Å²) in [5, 5.41) is 2.95. The first kappa shape index (κ1) is 13.1. The van der Waals surface area contributed by atoms with Crippen LogP contribution in [0.2, 0.25) is 4.34 Å². The molecular formula is C9H9ClF2N2OS. The molecular weight excluding hydrogens is 258 g/mol. The number of hydrogen-bond donors (Lipinski definition) is 1. The van der Waals surface area contributed by atoms with Gasteiger partial charge in [-0.25, -0.2) is 4.98 Å². The maximum Gasteiger partial charge on any atom is 0.266 e. The fourth-order valence-electron chi connectivity index (χ4n) is 0.968. The molecule has 1 aromatic heterocycles. The second kappa shape index (κ2) is 6.55. The third kappa shape index (κ3) is 5.18. The van der Waals surface area contributed by atoms with Gasteiger partial charge in [-0.2, -0.15) is 8.78 Å². The number of aromatic nitrogens is 1. The predicted molar refractivity (Wildman–Crippen MR) is 59.9 cm³/mol. The molecule has 0 saturated carbocycles. The highest BCUT2D eigenvalue weighted by Crippen LogP contribution is 2.22. The van der Waals surface area contributed by atoms with E-state index in [0.29, 0.717) is 15.9 Å². The maximum atomic E-state index is 11.6. The van der Waals surface area contributed by atoms with Crippen molar-refractivity contribution in [3.8, 4) is 0 Å². The first-order chi connectivity index (χ1) is 7.58. The van der Waals surface area contributed by atoms with Crippen LogP contribution in [0.5, 0.6) is 0 Å². The maximum absolute atomic E-state index is 11.6. The second-order valence-electron chi connectivity index (χ2n) is 2.90. The Morgan fingerprint density at radius 1 is 1.62 bits per heavy atom. The molecule has 0 fully saturated rings. The number of unbranched alkanes of at least 4 members (excludes halogenated alkanes) is 1. The molecule has 3 nitrogen and oxygen atoms in total. The smallest absolute Gasteiger partial charge is 0.266 e. The molecule has 0 aliphatic carbocycles. The highest BCUT2D eigenvalue weighted by Gasteiger charge is 2.05. The van der Waals surface area contributed by atoms with Gasteiger partial charge in [0, 0.05) is 6.42 Å². The third-order valence-electron chi connectivity index (χ3n) is 1.63. The monoisotopic (exact) mass is 266 g/mol. The predicted octanol–water partition coefficient (Wildman–Crippen LogP) is 3.69. The molecule has 0 saturated heterocycles. The van der Waals surface area contributed by atoms with Crippen LogP contribution in [0.15, 0.2) is 18.4 Å². The van der Waals surface area contributed by atoms with Crippen molar-refractivity contribution in [1.29, 1.82) is 0 Å². The summed E-state index contributed by atoms with van der Waals surface area (Å²) < 4.78 is 23.8. The van der Waals surface area contributed by atoms with E-state index in [9.17, 15) is 13.6 Å². The number of nitrogens with one attached hydrogen (secondary N) is 1. The first-order valence-electron chi connectivity index (χ1n) is 4.50. The van der Waals surface area contributed by atoms with Crippen LogP contribution in [0.25, 0.3) is 0 Å². The van der Waals surface area contributed by atoms with E-state index in [1.165, 1.54) is 6.20 Å². The van der Waals surface area contributed by atoms with Gasteiger partial charge in [-0.3, -0.25) is 4.79 Å². The molecule has 1 heterocycles. The molecule has 0 aromatic carbocycles. The van der Waals surface area contributed by atoms with Crippen LogP contribution in [-0.2, 0) is 4.79 Å². The summed E-state index contributed by atoms with van der Waals surface area (Å²) in [6.45, 7) is 0. The lowest BCUT2D eigenvalue weighted by Crippen LogP contribution is -2.10. The Bertz CT molecular complexity index is 391. The van der Waals surface area contributed by atoms with Gasteiger partial charge in [-0.05, 0) is 18.9 Å². The number of rotatable bonds is 5. The highest BCUT2D eigenvalue weighted by molar-refractivity contribution is 7.19. The van der Waals surface area contributed by atoms with Gasteiger partial charge < -0.3 is 5.32 Å². The molecule has 0 radical (unpaired) electrons. The molecule has 16 heavy (non-hydrogen) atoms. The lowest BCUT2D eigenvalue weighted by atomic mass is 10.2. The minimum atomic E-state index is -1.72.